The van der Waals surface area contributed by atoms with Crippen LogP contribution in [-0.2, 0) is 28.7 Å². The van der Waals surface area contributed by atoms with Gasteiger partial charge in [-0.05, 0) is 113 Å². The van der Waals surface area contributed by atoms with E-state index < -0.39 is 37.5 Å². The largest absolute Gasteiger partial charge is 0.539 e. The fourth-order valence-electron chi connectivity index (χ4n) is 7.66. The normalized spacial score (nSPS) is 12.8. The quantitative estimate of drug-likeness (QED) is 0.0409. The summed E-state index contributed by atoms with van der Waals surface area (Å²) < 4.78 is 103. The molecule has 4 aromatic rings. The molecule has 4 rings (SSSR count). The molecule has 0 aliphatic carbocycles. The molecule has 4 aromatic carbocycles. The van der Waals surface area contributed by atoms with Crippen LogP contribution < -0.4 is 9.16 Å². The third kappa shape index (κ3) is 12.2. The zero-order valence-corrected chi connectivity index (χ0v) is 34.8. The van der Waals surface area contributed by atoms with Crippen LogP contribution in [0.3, 0.4) is 0 Å². The lowest BCUT2D eigenvalue weighted by molar-refractivity contribution is -0.143. The van der Waals surface area contributed by atoms with Crippen molar-refractivity contribution < 1.29 is 45.0 Å². The van der Waals surface area contributed by atoms with E-state index in [-0.39, 0.29) is 53.7 Å². The lowest BCUT2D eigenvalue weighted by Gasteiger charge is -2.42. The first-order valence-electron chi connectivity index (χ1n) is 19.6. The molecule has 0 heterocycles. The van der Waals surface area contributed by atoms with Crippen molar-refractivity contribution in [2.45, 2.75) is 110 Å². The van der Waals surface area contributed by atoms with Crippen LogP contribution in [0.25, 0.3) is 17.2 Å². The van der Waals surface area contributed by atoms with Crippen molar-refractivity contribution in [1.82, 2.24) is 0 Å². The van der Waals surface area contributed by atoms with Gasteiger partial charge in [0.2, 0.25) is 0 Å². The Hall–Kier alpha value is -4.51. The number of allylic oxidation sites excluding steroid dienone is 1. The number of halogens is 6. The van der Waals surface area contributed by atoms with Crippen LogP contribution >= 0.6 is 0 Å². The highest BCUT2D eigenvalue weighted by Gasteiger charge is 2.48. The summed E-state index contributed by atoms with van der Waals surface area (Å²) in [5.74, 6) is -2.42. The van der Waals surface area contributed by atoms with Crippen LogP contribution in [0.15, 0.2) is 84.9 Å². The van der Waals surface area contributed by atoms with E-state index in [1.54, 1.807) is 25.1 Å². The van der Waals surface area contributed by atoms with Gasteiger partial charge in [0.15, 0.2) is 17.4 Å². The fourth-order valence-corrected chi connectivity index (χ4v) is 12.9. The predicted molar refractivity (Wildman–Crippen MR) is 217 cm³/mol. The first kappa shape index (κ1) is 45.2. The van der Waals surface area contributed by atoms with Gasteiger partial charge in [-0.3, -0.25) is 4.79 Å². The van der Waals surface area contributed by atoms with E-state index in [0.29, 0.717) is 48.3 Å². The second kappa shape index (κ2) is 20.3. The number of esters is 1. The molecular weight excluding hydrogens is 759 g/mol. The molecule has 0 radical (unpaired) electrons. The lowest BCUT2D eigenvalue weighted by Crippen LogP contribution is -2.51. The lowest BCUT2D eigenvalue weighted by atomic mass is 9.92. The summed E-state index contributed by atoms with van der Waals surface area (Å²) in [6, 6.07) is 19.0. The van der Waals surface area contributed by atoms with Crippen molar-refractivity contribution in [1.29, 1.82) is 0 Å². The van der Waals surface area contributed by atoms with Crippen LogP contribution in [0.5, 0.6) is 11.5 Å². The Kier molecular flexibility index (Phi) is 16.1. The van der Waals surface area contributed by atoms with Crippen LogP contribution in [0.2, 0.25) is 16.6 Å². The van der Waals surface area contributed by atoms with Gasteiger partial charge in [0, 0.05) is 12.0 Å². The number of benzene rings is 4. The molecule has 0 bridgehead atoms. The molecule has 0 fully saturated rings. The minimum absolute atomic E-state index is 0.123. The molecule has 0 aliphatic rings. The Morgan fingerprint density at radius 1 is 0.754 bits per heavy atom. The predicted octanol–water partition coefficient (Wildman–Crippen LogP) is 13.9. The van der Waals surface area contributed by atoms with Crippen LogP contribution in [-0.4, -0.2) is 20.9 Å². The van der Waals surface area contributed by atoms with Crippen LogP contribution in [0, 0.1) is 23.4 Å². The van der Waals surface area contributed by atoms with Gasteiger partial charge in [0.25, 0.3) is 8.32 Å². The first-order chi connectivity index (χ1) is 26.9. The third-order valence-corrected chi connectivity index (χ3v) is 16.4. The van der Waals surface area contributed by atoms with Crippen LogP contribution in [0.1, 0.15) is 96.4 Å². The molecule has 0 saturated carbocycles. The monoisotopic (exact) mass is 812 g/mol. The number of rotatable bonds is 19. The molecule has 0 amide bonds. The maximum Gasteiger partial charge on any atom is 0.416 e. The van der Waals surface area contributed by atoms with Crippen molar-refractivity contribution >= 4 is 20.4 Å². The van der Waals surface area contributed by atoms with E-state index in [9.17, 15) is 22.4 Å². The SMILES string of the molecule is CCOC(=O)CCCCC(/C=C/c1cc(F)ccc1OCc1ccc(-c2ccc(C(F)(F)F)cc2)cc1)Cc1cc(F)c(O[Si](C(C)C)(C(C)C)C(C)C)c(F)c1. The Labute approximate surface area is 334 Å². The maximum absolute atomic E-state index is 15.8. The Morgan fingerprint density at radius 2 is 1.33 bits per heavy atom. The summed E-state index contributed by atoms with van der Waals surface area (Å²) >= 11 is 0. The smallest absolute Gasteiger partial charge is 0.416 e. The fraction of sp³-hybridized carbons (Fsp3) is 0.413. The average molecular weight is 813 g/mol. The van der Waals surface area contributed by atoms with E-state index in [2.05, 4.69) is 41.5 Å². The first-order valence-corrected chi connectivity index (χ1v) is 21.8. The number of ether oxygens (including phenoxy) is 2. The second-order valence-corrected chi connectivity index (χ2v) is 20.8. The second-order valence-electron chi connectivity index (χ2n) is 15.4. The standard InChI is InChI=1S/C46H54F6O4Si/c1-8-54-44(53)12-10-9-11-33(25-35-26-41(48)45(42(49)27-35)56-57(30(2)3,31(4)5)32(6)7)13-18-38-28-40(47)23-24-43(38)55-29-34-14-16-36(17-15-34)37-19-21-39(22-20-37)46(50,51)52/h13-24,26-28,30-33H,8-12,25,29H2,1-7H3/b18-13+. The molecule has 0 aliphatic heterocycles. The number of carbonyl (C=O) groups is 1. The number of alkyl halides is 3. The van der Waals surface area contributed by atoms with Gasteiger partial charge >= 0.3 is 12.1 Å². The van der Waals surface area contributed by atoms with Gasteiger partial charge in [0.05, 0.1) is 12.2 Å². The van der Waals surface area contributed by atoms with E-state index in [1.807, 2.05) is 18.2 Å². The van der Waals surface area contributed by atoms with Gasteiger partial charge in [-0.1, -0.05) is 96.5 Å². The summed E-state index contributed by atoms with van der Waals surface area (Å²) in [6.07, 6.45) is 1.52. The van der Waals surface area contributed by atoms with Crippen molar-refractivity contribution in [2.75, 3.05) is 6.61 Å². The van der Waals surface area contributed by atoms with E-state index >= 15 is 8.78 Å². The van der Waals surface area contributed by atoms with E-state index in [1.165, 1.54) is 42.5 Å². The van der Waals surface area contributed by atoms with Crippen molar-refractivity contribution in [2.24, 2.45) is 5.92 Å². The molecule has 11 heteroatoms. The summed E-state index contributed by atoms with van der Waals surface area (Å²) in [5, 5.41) is 0. The maximum atomic E-state index is 15.8. The topological polar surface area (TPSA) is 44.8 Å². The summed E-state index contributed by atoms with van der Waals surface area (Å²) in [7, 11) is -2.63. The number of unbranched alkanes of at least 4 members (excludes halogenated alkanes) is 1. The molecule has 0 spiro atoms. The molecule has 0 saturated heterocycles. The van der Waals surface area contributed by atoms with Crippen molar-refractivity contribution in [3.8, 4) is 22.6 Å². The Balaban J connectivity index is 1.54. The number of hydrogen-bond acceptors (Lipinski definition) is 4. The minimum Gasteiger partial charge on any atom is -0.539 e. The summed E-state index contributed by atoms with van der Waals surface area (Å²) in [6.45, 7) is 14.5. The summed E-state index contributed by atoms with van der Waals surface area (Å²) in [5.41, 5.74) is 2.73. The Morgan fingerprint density at radius 3 is 1.88 bits per heavy atom. The summed E-state index contributed by atoms with van der Waals surface area (Å²) in [4.78, 5) is 12.0. The van der Waals surface area contributed by atoms with Gasteiger partial charge in [-0.25, -0.2) is 13.2 Å². The molecular formula is C46H54F6O4Si. The van der Waals surface area contributed by atoms with Crippen LogP contribution in [0.4, 0.5) is 26.3 Å². The molecule has 1 atom stereocenters. The molecule has 308 valence electrons. The van der Waals surface area contributed by atoms with Gasteiger partial charge in [0.1, 0.15) is 18.2 Å². The molecule has 4 nitrogen and oxygen atoms in total. The highest BCUT2D eigenvalue weighted by atomic mass is 28.4. The van der Waals surface area contributed by atoms with Crippen molar-refractivity contribution in [3.05, 3.63) is 125 Å². The molecule has 0 aromatic heterocycles. The highest BCUT2D eigenvalue weighted by Crippen LogP contribution is 2.44. The Bertz CT molecular complexity index is 1890. The minimum atomic E-state index is -4.41. The van der Waals surface area contributed by atoms with Gasteiger partial charge in [-0.2, -0.15) is 13.2 Å². The molecule has 1 unspecified atom stereocenters. The van der Waals surface area contributed by atoms with Gasteiger partial charge < -0.3 is 13.9 Å². The van der Waals surface area contributed by atoms with E-state index in [4.69, 9.17) is 13.9 Å². The zero-order valence-electron chi connectivity index (χ0n) is 33.8. The molecule has 0 N–H and O–H groups in total. The third-order valence-electron chi connectivity index (χ3n) is 10.5. The highest BCUT2D eigenvalue weighted by molar-refractivity contribution is 6.78. The number of hydrogen-bond donors (Lipinski definition) is 0. The average Bonchev–Trinajstić information content (AvgIpc) is 3.14. The zero-order chi connectivity index (χ0) is 41.9. The number of carbonyl (C=O) groups excluding carboxylic acids is 1. The van der Waals surface area contributed by atoms with Gasteiger partial charge in [-0.15, -0.1) is 0 Å². The van der Waals surface area contributed by atoms with Crippen molar-refractivity contribution in [3.63, 3.8) is 0 Å². The molecule has 57 heavy (non-hydrogen) atoms. The van der Waals surface area contributed by atoms with E-state index in [0.717, 1.165) is 23.3 Å².